The molecule has 1 aromatic carbocycles. The minimum Gasteiger partial charge on any atom is -0.481 e. The Kier molecular flexibility index (Phi) is 4.48. The van der Waals surface area contributed by atoms with Crippen LogP contribution in [0.25, 0.3) is 0 Å². The van der Waals surface area contributed by atoms with Gasteiger partial charge in [-0.1, -0.05) is 11.6 Å². The third-order valence-corrected chi connectivity index (χ3v) is 3.83. The van der Waals surface area contributed by atoms with Crippen LogP contribution in [0.5, 0.6) is 0 Å². The molecule has 106 valence electrons. The number of ether oxygens (including phenoxy) is 1. The van der Waals surface area contributed by atoms with Gasteiger partial charge in [0.05, 0.1) is 29.8 Å². The summed E-state index contributed by atoms with van der Waals surface area (Å²) in [4.78, 5) is 13.2. The molecule has 6 heteroatoms. The molecule has 5 nitrogen and oxygen atoms in total. The van der Waals surface area contributed by atoms with E-state index in [-0.39, 0.29) is 12.6 Å². The number of carbonyl (C=O) groups is 1. The molecule has 2 atom stereocenters. The van der Waals surface area contributed by atoms with E-state index in [0.29, 0.717) is 23.7 Å². The second kappa shape index (κ2) is 6.12. The number of anilines is 1. The summed E-state index contributed by atoms with van der Waals surface area (Å²) in [5, 5.41) is 18.5. The molecule has 0 saturated carbocycles. The Bertz CT molecular complexity index is 556. The predicted octanol–water partition coefficient (Wildman–Crippen LogP) is 2.14. The highest BCUT2D eigenvalue weighted by Crippen LogP contribution is 2.29. The van der Waals surface area contributed by atoms with Crippen LogP contribution in [-0.4, -0.2) is 36.9 Å². The van der Waals surface area contributed by atoms with Crippen LogP contribution in [0.4, 0.5) is 5.69 Å². The fourth-order valence-corrected chi connectivity index (χ4v) is 2.68. The second-order valence-corrected chi connectivity index (χ2v) is 5.02. The third-order valence-electron chi connectivity index (χ3n) is 3.51. The van der Waals surface area contributed by atoms with E-state index < -0.39 is 11.9 Å². The lowest BCUT2D eigenvalue weighted by molar-refractivity contribution is -0.141. The van der Waals surface area contributed by atoms with Crippen LogP contribution in [0.1, 0.15) is 12.5 Å². The van der Waals surface area contributed by atoms with E-state index in [1.165, 1.54) is 0 Å². The molecule has 0 aliphatic carbocycles. The Labute approximate surface area is 122 Å². The summed E-state index contributed by atoms with van der Waals surface area (Å²) in [6.07, 6.45) is 0. The lowest BCUT2D eigenvalue weighted by Gasteiger charge is -2.31. The van der Waals surface area contributed by atoms with Gasteiger partial charge in [-0.15, -0.1) is 0 Å². The van der Waals surface area contributed by atoms with Gasteiger partial charge in [0.25, 0.3) is 0 Å². The van der Waals surface area contributed by atoms with Crippen LogP contribution >= 0.6 is 11.6 Å². The number of likely N-dealkylation sites (N-methyl/N-ethyl adjacent to an activating group) is 1. The quantitative estimate of drug-likeness (QED) is 0.921. The van der Waals surface area contributed by atoms with Crippen molar-refractivity contribution in [3.05, 3.63) is 28.8 Å². The third kappa shape index (κ3) is 2.72. The molecule has 2 unspecified atom stereocenters. The fraction of sp³-hybridized carbons (Fsp3) is 0.429. The maximum Gasteiger partial charge on any atom is 0.311 e. The number of hydrogen-bond acceptors (Lipinski definition) is 4. The number of aliphatic carboxylic acids is 1. The molecule has 20 heavy (non-hydrogen) atoms. The van der Waals surface area contributed by atoms with Crippen molar-refractivity contribution >= 4 is 23.3 Å². The Hall–Kier alpha value is -1.77. The summed E-state index contributed by atoms with van der Waals surface area (Å²) in [5.74, 6) is -1.41. The van der Waals surface area contributed by atoms with Crippen molar-refractivity contribution in [1.82, 2.24) is 0 Å². The van der Waals surface area contributed by atoms with Gasteiger partial charge in [-0.05, 0) is 25.1 Å². The van der Waals surface area contributed by atoms with Crippen molar-refractivity contribution in [1.29, 1.82) is 5.26 Å². The molecule has 1 heterocycles. The fourth-order valence-electron chi connectivity index (χ4n) is 2.47. The van der Waals surface area contributed by atoms with E-state index in [0.717, 1.165) is 5.69 Å². The SMILES string of the molecule is CCN(c1ccc(C#N)c(Cl)c1)C1COCC1C(=O)O. The average molecular weight is 295 g/mol. The minimum absolute atomic E-state index is 0.221. The van der Waals surface area contributed by atoms with E-state index in [1.807, 2.05) is 17.9 Å². The van der Waals surface area contributed by atoms with E-state index in [1.54, 1.807) is 18.2 Å². The molecule has 0 bridgehead atoms. The number of rotatable bonds is 4. The largest absolute Gasteiger partial charge is 0.481 e. The van der Waals surface area contributed by atoms with Gasteiger partial charge in [0.1, 0.15) is 12.0 Å². The van der Waals surface area contributed by atoms with Crippen molar-refractivity contribution in [2.45, 2.75) is 13.0 Å². The van der Waals surface area contributed by atoms with Crippen LogP contribution in [0.15, 0.2) is 18.2 Å². The first-order valence-electron chi connectivity index (χ1n) is 6.35. The van der Waals surface area contributed by atoms with Crippen LogP contribution in [0.3, 0.4) is 0 Å². The van der Waals surface area contributed by atoms with Crippen molar-refractivity contribution < 1.29 is 14.6 Å². The second-order valence-electron chi connectivity index (χ2n) is 4.61. The Balaban J connectivity index is 2.30. The van der Waals surface area contributed by atoms with Crippen molar-refractivity contribution in [3.8, 4) is 6.07 Å². The summed E-state index contributed by atoms with van der Waals surface area (Å²) in [5.41, 5.74) is 1.21. The summed E-state index contributed by atoms with van der Waals surface area (Å²) < 4.78 is 5.30. The molecule has 0 radical (unpaired) electrons. The normalized spacial score (nSPS) is 21.4. The van der Waals surface area contributed by atoms with Crippen LogP contribution in [0, 0.1) is 17.2 Å². The van der Waals surface area contributed by atoms with Crippen LogP contribution in [-0.2, 0) is 9.53 Å². The monoisotopic (exact) mass is 294 g/mol. The van der Waals surface area contributed by atoms with Gasteiger partial charge in [0, 0.05) is 12.2 Å². The lowest BCUT2D eigenvalue weighted by atomic mass is 10.0. The van der Waals surface area contributed by atoms with Gasteiger partial charge in [-0.2, -0.15) is 5.26 Å². The van der Waals surface area contributed by atoms with E-state index in [4.69, 9.17) is 21.6 Å². The summed E-state index contributed by atoms with van der Waals surface area (Å²) in [6, 6.07) is 6.91. The molecule has 2 rings (SSSR count). The molecular weight excluding hydrogens is 280 g/mol. The zero-order valence-electron chi connectivity index (χ0n) is 11.0. The number of nitrogens with zero attached hydrogens (tertiary/aromatic N) is 2. The highest BCUT2D eigenvalue weighted by molar-refractivity contribution is 6.32. The lowest BCUT2D eigenvalue weighted by Crippen LogP contribution is -2.43. The van der Waals surface area contributed by atoms with Gasteiger partial charge >= 0.3 is 5.97 Å². The van der Waals surface area contributed by atoms with E-state index in [2.05, 4.69) is 0 Å². The predicted molar refractivity (Wildman–Crippen MR) is 74.9 cm³/mol. The highest BCUT2D eigenvalue weighted by Gasteiger charge is 2.37. The summed E-state index contributed by atoms with van der Waals surface area (Å²) in [7, 11) is 0. The number of hydrogen-bond donors (Lipinski definition) is 1. The van der Waals surface area contributed by atoms with Crippen LogP contribution < -0.4 is 4.90 Å². The first-order valence-corrected chi connectivity index (χ1v) is 6.73. The highest BCUT2D eigenvalue weighted by atomic mass is 35.5. The smallest absolute Gasteiger partial charge is 0.311 e. The number of carboxylic acids is 1. The van der Waals surface area contributed by atoms with Gasteiger partial charge in [0.2, 0.25) is 0 Å². The van der Waals surface area contributed by atoms with Gasteiger partial charge in [-0.25, -0.2) is 0 Å². The molecule has 1 aliphatic heterocycles. The Morgan fingerprint density at radius 1 is 1.60 bits per heavy atom. The molecule has 1 fully saturated rings. The standard InChI is InChI=1S/C14H15ClN2O3/c1-2-17(13-8-20-7-11(13)14(18)19)10-4-3-9(6-16)12(15)5-10/h3-5,11,13H,2,7-8H2,1H3,(H,18,19). The zero-order chi connectivity index (χ0) is 14.7. The molecular formula is C14H15ClN2O3. The Morgan fingerprint density at radius 3 is 2.90 bits per heavy atom. The first kappa shape index (κ1) is 14.6. The minimum atomic E-state index is -0.856. The van der Waals surface area contributed by atoms with E-state index in [9.17, 15) is 9.90 Å². The maximum atomic E-state index is 11.3. The summed E-state index contributed by atoms with van der Waals surface area (Å²) in [6.45, 7) is 3.19. The summed E-state index contributed by atoms with van der Waals surface area (Å²) >= 11 is 6.04. The Morgan fingerprint density at radius 2 is 2.35 bits per heavy atom. The van der Waals surface area contributed by atoms with Gasteiger partial charge in [-0.3, -0.25) is 4.79 Å². The zero-order valence-corrected chi connectivity index (χ0v) is 11.8. The van der Waals surface area contributed by atoms with Crippen molar-refractivity contribution in [2.24, 2.45) is 5.92 Å². The number of carboxylic acid groups (broad SMARTS) is 1. The average Bonchev–Trinajstić information content (AvgIpc) is 2.89. The molecule has 1 aromatic rings. The van der Waals surface area contributed by atoms with Crippen LogP contribution in [0.2, 0.25) is 5.02 Å². The first-order chi connectivity index (χ1) is 9.58. The van der Waals surface area contributed by atoms with Gasteiger partial charge in [0.15, 0.2) is 0 Å². The van der Waals surface area contributed by atoms with Crippen molar-refractivity contribution in [3.63, 3.8) is 0 Å². The number of nitriles is 1. The van der Waals surface area contributed by atoms with E-state index >= 15 is 0 Å². The molecule has 1 N–H and O–H groups in total. The molecule has 0 spiro atoms. The molecule has 1 saturated heterocycles. The van der Waals surface area contributed by atoms with Gasteiger partial charge < -0.3 is 14.7 Å². The number of benzene rings is 1. The topological polar surface area (TPSA) is 73.6 Å². The molecule has 0 amide bonds. The maximum absolute atomic E-state index is 11.3. The molecule has 1 aliphatic rings. The van der Waals surface area contributed by atoms with Crippen molar-refractivity contribution in [2.75, 3.05) is 24.7 Å². The number of halogens is 1. The molecule has 0 aromatic heterocycles.